The summed E-state index contributed by atoms with van der Waals surface area (Å²) in [5, 5.41) is 21.5. The number of methoxy groups -OCH3 is 1. The van der Waals surface area contributed by atoms with E-state index in [0.717, 1.165) is 39.9 Å². The molecule has 5 N–H and O–H groups in total. The zero-order chi connectivity index (χ0) is 29.6. The molecule has 2 atom stereocenters. The predicted molar refractivity (Wildman–Crippen MR) is 153 cm³/mol. The van der Waals surface area contributed by atoms with Gasteiger partial charge in [0.15, 0.2) is 6.29 Å². The van der Waals surface area contributed by atoms with Crippen LogP contribution in [-0.4, -0.2) is 57.2 Å². The van der Waals surface area contributed by atoms with Crippen LogP contribution in [0.1, 0.15) is 22.8 Å². The zero-order valence-electron chi connectivity index (χ0n) is 22.4. The number of aldehydes is 1. The van der Waals surface area contributed by atoms with E-state index in [0.29, 0.717) is 5.69 Å². The first-order valence-corrected chi connectivity index (χ1v) is 12.6. The number of nitrogens with zero attached hydrogens (tertiary/aromatic N) is 1. The van der Waals surface area contributed by atoms with Gasteiger partial charge in [-0.1, -0.05) is 48.5 Å². The highest BCUT2D eigenvalue weighted by Gasteiger charge is 2.35. The van der Waals surface area contributed by atoms with E-state index in [1.807, 2.05) is 42.5 Å². The third kappa shape index (κ3) is 6.40. The van der Waals surface area contributed by atoms with Crippen molar-refractivity contribution in [1.82, 2.24) is 9.97 Å². The van der Waals surface area contributed by atoms with Gasteiger partial charge in [-0.3, -0.25) is 9.78 Å². The average Bonchev–Trinajstić information content (AvgIpc) is 3.39. The summed E-state index contributed by atoms with van der Waals surface area (Å²) >= 11 is 0. The van der Waals surface area contributed by atoms with Gasteiger partial charge in [-0.2, -0.15) is 0 Å². The number of hydrogen-bond donors (Lipinski definition) is 4. The van der Waals surface area contributed by atoms with Gasteiger partial charge in [-0.25, -0.2) is 4.79 Å². The number of benzene rings is 3. The van der Waals surface area contributed by atoms with Crippen LogP contribution in [0.3, 0.4) is 0 Å². The lowest BCUT2D eigenvalue weighted by molar-refractivity contribution is -0.154. The largest absolute Gasteiger partial charge is 0.507 e. The number of aromatic amines is 1. The Labute approximate surface area is 235 Å². The molecular formula is C31H29N3O7. The highest BCUT2D eigenvalue weighted by atomic mass is 16.5. The molecular weight excluding hydrogens is 526 g/mol. The Bertz CT molecular complexity index is 1700. The molecule has 2 heterocycles. The van der Waals surface area contributed by atoms with E-state index < -0.39 is 23.6 Å². The van der Waals surface area contributed by atoms with Crippen molar-refractivity contribution < 1.29 is 34.1 Å². The molecule has 0 aliphatic rings. The summed E-state index contributed by atoms with van der Waals surface area (Å²) in [6.07, 6.45) is 1.96. The van der Waals surface area contributed by atoms with Crippen molar-refractivity contribution in [3.63, 3.8) is 0 Å². The fraction of sp³-hybridized carbons (Fsp3) is 0.161. The predicted octanol–water partition coefficient (Wildman–Crippen LogP) is 3.88. The van der Waals surface area contributed by atoms with E-state index >= 15 is 0 Å². The van der Waals surface area contributed by atoms with Crippen molar-refractivity contribution in [1.29, 1.82) is 0 Å². The number of nitrogens with one attached hydrogen (secondary N) is 1. The van der Waals surface area contributed by atoms with Crippen LogP contribution in [-0.2, 0) is 25.7 Å². The van der Waals surface area contributed by atoms with Crippen LogP contribution in [0.5, 0.6) is 5.75 Å². The molecule has 10 nitrogen and oxygen atoms in total. The number of carbonyl (C=O) groups is 3. The van der Waals surface area contributed by atoms with Gasteiger partial charge in [-0.05, 0) is 42.8 Å². The lowest BCUT2D eigenvalue weighted by Gasteiger charge is -2.22. The molecule has 5 rings (SSSR count). The maximum absolute atomic E-state index is 11.8. The first-order valence-electron chi connectivity index (χ1n) is 12.6. The molecule has 0 saturated heterocycles. The molecule has 5 aromatic rings. The van der Waals surface area contributed by atoms with E-state index in [9.17, 15) is 24.6 Å². The third-order valence-corrected chi connectivity index (χ3v) is 6.45. The Hall–Kier alpha value is -5.06. The average molecular weight is 556 g/mol. The van der Waals surface area contributed by atoms with Gasteiger partial charge in [0.25, 0.3) is 0 Å². The van der Waals surface area contributed by atoms with Crippen LogP contribution in [0.15, 0.2) is 85.1 Å². The van der Waals surface area contributed by atoms with Gasteiger partial charge in [0.1, 0.15) is 29.6 Å². The maximum atomic E-state index is 11.8. The smallest absolute Gasteiger partial charge is 0.341 e. The maximum Gasteiger partial charge on any atom is 0.341 e. The number of esters is 2. The van der Waals surface area contributed by atoms with Crippen molar-refractivity contribution in [2.24, 2.45) is 5.73 Å². The van der Waals surface area contributed by atoms with E-state index in [1.165, 1.54) is 13.2 Å². The molecule has 0 amide bonds. The first kappa shape index (κ1) is 28.9. The quantitative estimate of drug-likeness (QED) is 0.172. The van der Waals surface area contributed by atoms with E-state index in [-0.39, 0.29) is 24.2 Å². The number of carbonyl (C=O) groups excluding carboxylic acids is 3. The molecule has 0 saturated carbocycles. The van der Waals surface area contributed by atoms with Gasteiger partial charge < -0.3 is 35.2 Å². The van der Waals surface area contributed by atoms with Crippen molar-refractivity contribution >= 4 is 40.0 Å². The zero-order valence-corrected chi connectivity index (χ0v) is 22.4. The highest BCUT2D eigenvalue weighted by molar-refractivity contribution is 6.11. The Morgan fingerprint density at radius 1 is 1.05 bits per heavy atom. The van der Waals surface area contributed by atoms with Crippen molar-refractivity contribution in [2.45, 2.75) is 25.2 Å². The second-order valence-corrected chi connectivity index (χ2v) is 9.39. The van der Waals surface area contributed by atoms with Gasteiger partial charge in [0.05, 0.1) is 18.3 Å². The number of ether oxygens (including phenoxy) is 2. The number of hydrogen-bond acceptors (Lipinski definition) is 9. The summed E-state index contributed by atoms with van der Waals surface area (Å²) in [4.78, 5) is 41.6. The minimum atomic E-state index is -1.91. The number of nitrogens with two attached hydrogens (primary N) is 1. The van der Waals surface area contributed by atoms with Crippen LogP contribution in [0.2, 0.25) is 0 Å². The molecule has 10 heteroatoms. The minimum absolute atomic E-state index is 0.0578. The number of pyridine rings is 1. The normalized spacial score (nSPS) is 13.0. The van der Waals surface area contributed by atoms with Crippen molar-refractivity contribution in [2.75, 3.05) is 7.11 Å². The van der Waals surface area contributed by atoms with E-state index in [1.54, 1.807) is 30.5 Å². The molecule has 3 aromatic carbocycles. The van der Waals surface area contributed by atoms with Gasteiger partial charge in [-0.15, -0.1) is 0 Å². The van der Waals surface area contributed by atoms with Gasteiger partial charge in [0.2, 0.25) is 0 Å². The van der Waals surface area contributed by atoms with Crippen LogP contribution < -0.4 is 5.73 Å². The van der Waals surface area contributed by atoms with Crippen LogP contribution in [0, 0.1) is 0 Å². The second kappa shape index (κ2) is 12.4. The number of para-hydroxylation sites is 1. The van der Waals surface area contributed by atoms with Crippen LogP contribution in [0.25, 0.3) is 33.1 Å². The standard InChI is InChI=1S/C19H14N2O3.C12H15NO4/c1-24-19(23)14-10-11(6-7-16(14)22)17-18-13(8-9-20-17)12-4-2-3-5-15(12)21-18;1-12(16,8-14)10(13)11(15)17-7-9-5-3-2-4-6-9/h2-10,21-22H,1H3;2-6,8,10,16H,7,13H2,1H3. The molecule has 0 fully saturated rings. The molecule has 41 heavy (non-hydrogen) atoms. The minimum Gasteiger partial charge on any atom is -0.507 e. The Morgan fingerprint density at radius 3 is 2.46 bits per heavy atom. The second-order valence-electron chi connectivity index (χ2n) is 9.39. The Kier molecular flexibility index (Phi) is 8.76. The van der Waals surface area contributed by atoms with E-state index in [4.69, 9.17) is 15.2 Å². The highest BCUT2D eigenvalue weighted by Crippen LogP contribution is 2.33. The van der Waals surface area contributed by atoms with Gasteiger partial charge >= 0.3 is 11.9 Å². The Balaban J connectivity index is 0.000000202. The van der Waals surface area contributed by atoms with Crippen molar-refractivity contribution in [3.05, 3.63) is 96.2 Å². The number of aromatic nitrogens is 2. The molecule has 0 aliphatic carbocycles. The summed E-state index contributed by atoms with van der Waals surface area (Å²) in [7, 11) is 1.28. The Morgan fingerprint density at radius 2 is 1.76 bits per heavy atom. The SMILES string of the molecule is CC(O)(C=O)C(N)C(=O)OCc1ccccc1.COC(=O)c1cc(-c2nccc3c2[nH]c2ccccc23)ccc1O. The lowest BCUT2D eigenvalue weighted by Crippen LogP contribution is -2.52. The summed E-state index contributed by atoms with van der Waals surface area (Å²) in [6.45, 7) is 1.22. The summed E-state index contributed by atoms with van der Waals surface area (Å²) in [5.41, 5.74) is 7.78. The number of rotatable bonds is 7. The van der Waals surface area contributed by atoms with Gasteiger partial charge in [0, 0.05) is 28.0 Å². The number of phenolic OH excluding ortho intramolecular Hbond substituents is 1. The molecule has 210 valence electrons. The molecule has 0 spiro atoms. The fourth-order valence-electron chi connectivity index (χ4n) is 4.08. The molecule has 0 radical (unpaired) electrons. The van der Waals surface area contributed by atoms with Crippen LogP contribution in [0.4, 0.5) is 0 Å². The van der Waals surface area contributed by atoms with Crippen molar-refractivity contribution in [3.8, 4) is 17.0 Å². The summed E-state index contributed by atoms with van der Waals surface area (Å²) in [5.74, 6) is -1.52. The van der Waals surface area contributed by atoms with Crippen LogP contribution >= 0.6 is 0 Å². The molecule has 0 bridgehead atoms. The topological polar surface area (TPSA) is 165 Å². The molecule has 0 aliphatic heterocycles. The number of aliphatic hydroxyl groups is 1. The number of fused-ring (bicyclic) bond motifs is 3. The number of H-pyrrole nitrogens is 1. The number of aromatic hydroxyl groups is 1. The fourth-order valence-corrected chi connectivity index (χ4v) is 4.08. The number of phenols is 1. The first-order chi connectivity index (χ1) is 19.7. The summed E-state index contributed by atoms with van der Waals surface area (Å²) < 4.78 is 9.61. The lowest BCUT2D eigenvalue weighted by atomic mass is 9.99. The molecule has 2 unspecified atom stereocenters. The monoisotopic (exact) mass is 555 g/mol. The molecule has 2 aromatic heterocycles. The van der Waals surface area contributed by atoms with E-state index in [2.05, 4.69) is 16.0 Å². The summed E-state index contributed by atoms with van der Waals surface area (Å²) in [6, 6.07) is 22.4. The third-order valence-electron chi connectivity index (χ3n) is 6.45.